The Balaban J connectivity index is 1.75. The Morgan fingerprint density at radius 1 is 0.885 bits per heavy atom. The van der Waals surface area contributed by atoms with Crippen molar-refractivity contribution in [1.29, 1.82) is 5.26 Å². The van der Waals surface area contributed by atoms with Gasteiger partial charge in [0, 0.05) is 5.02 Å². The summed E-state index contributed by atoms with van der Waals surface area (Å²) in [7, 11) is 0. The molecule has 0 heterocycles. The quantitative estimate of drug-likeness (QED) is 0.263. The van der Waals surface area contributed by atoms with Crippen LogP contribution in [-0.4, -0.2) is 5.97 Å². The molecule has 0 aliphatic carbocycles. The molecule has 0 radical (unpaired) electrons. The molecule has 0 aliphatic heterocycles. The van der Waals surface area contributed by atoms with Crippen LogP contribution in [0.3, 0.4) is 0 Å². The normalized spacial score (nSPS) is 10.8. The van der Waals surface area contributed by atoms with E-state index < -0.39 is 5.97 Å². The van der Waals surface area contributed by atoms with Crippen molar-refractivity contribution < 1.29 is 9.53 Å². The fraction of sp³-hybridized carbons (Fsp3) is 0. The fourth-order valence-corrected chi connectivity index (χ4v) is 2.47. The van der Waals surface area contributed by atoms with Crippen LogP contribution in [-0.2, 0) is 0 Å². The van der Waals surface area contributed by atoms with Crippen molar-refractivity contribution in [3.8, 4) is 11.8 Å². The highest BCUT2D eigenvalue weighted by atomic mass is 35.5. The molecule has 0 bridgehead atoms. The molecule has 0 atom stereocenters. The van der Waals surface area contributed by atoms with Gasteiger partial charge in [-0.1, -0.05) is 54.1 Å². The van der Waals surface area contributed by atoms with E-state index in [4.69, 9.17) is 16.3 Å². The highest BCUT2D eigenvalue weighted by Gasteiger charge is 2.07. The third-order valence-electron chi connectivity index (χ3n) is 3.69. The number of esters is 1. The third kappa shape index (κ3) is 4.38. The zero-order valence-electron chi connectivity index (χ0n) is 13.7. The number of carbonyl (C=O) groups excluding carboxylic acids is 1. The maximum Gasteiger partial charge on any atom is 0.343 e. The number of carbonyl (C=O) groups is 1. The number of halogens is 1. The second-order valence-corrected chi connectivity index (χ2v) is 5.94. The van der Waals surface area contributed by atoms with Gasteiger partial charge in [-0.25, -0.2) is 4.79 Å². The molecule has 126 valence electrons. The lowest BCUT2D eigenvalue weighted by Gasteiger charge is -2.05. The SMILES string of the molecule is N#C/C(=C/c1ccc(OC(=O)c2ccccc2)cc1)c1ccc(Cl)cc1. The number of nitrogens with zero attached hydrogens (tertiary/aromatic N) is 1. The highest BCUT2D eigenvalue weighted by molar-refractivity contribution is 6.30. The molecule has 0 aromatic heterocycles. The third-order valence-corrected chi connectivity index (χ3v) is 3.94. The fourth-order valence-electron chi connectivity index (χ4n) is 2.35. The van der Waals surface area contributed by atoms with E-state index in [1.165, 1.54) is 0 Å². The molecule has 26 heavy (non-hydrogen) atoms. The van der Waals surface area contributed by atoms with Gasteiger partial charge < -0.3 is 4.74 Å². The van der Waals surface area contributed by atoms with Gasteiger partial charge in [0.25, 0.3) is 0 Å². The minimum absolute atomic E-state index is 0.409. The monoisotopic (exact) mass is 359 g/mol. The van der Waals surface area contributed by atoms with Crippen molar-refractivity contribution in [2.75, 3.05) is 0 Å². The van der Waals surface area contributed by atoms with Crippen LogP contribution in [0, 0.1) is 11.3 Å². The van der Waals surface area contributed by atoms with Gasteiger partial charge in [-0.2, -0.15) is 5.26 Å². The Bertz CT molecular complexity index is 969. The maximum absolute atomic E-state index is 12.0. The lowest BCUT2D eigenvalue weighted by atomic mass is 10.0. The summed E-state index contributed by atoms with van der Waals surface area (Å²) in [5.41, 5.74) is 2.63. The molecule has 3 rings (SSSR count). The molecule has 0 N–H and O–H groups in total. The summed E-state index contributed by atoms with van der Waals surface area (Å²) < 4.78 is 5.35. The van der Waals surface area contributed by atoms with E-state index in [0.29, 0.717) is 21.9 Å². The number of rotatable bonds is 4. The van der Waals surface area contributed by atoms with Crippen LogP contribution in [0.25, 0.3) is 11.6 Å². The summed E-state index contributed by atoms with van der Waals surface area (Å²) in [6, 6.07) is 25.1. The molecule has 0 fully saturated rings. The molecule has 3 aromatic rings. The van der Waals surface area contributed by atoms with E-state index >= 15 is 0 Å². The van der Waals surface area contributed by atoms with E-state index in [9.17, 15) is 10.1 Å². The van der Waals surface area contributed by atoms with E-state index in [-0.39, 0.29) is 0 Å². The summed E-state index contributed by atoms with van der Waals surface area (Å²) in [4.78, 5) is 12.0. The van der Waals surface area contributed by atoms with E-state index in [2.05, 4.69) is 6.07 Å². The van der Waals surface area contributed by atoms with Crippen molar-refractivity contribution in [2.45, 2.75) is 0 Å². The number of hydrogen-bond donors (Lipinski definition) is 0. The second kappa shape index (κ2) is 8.15. The number of nitriles is 1. The first-order chi connectivity index (χ1) is 12.7. The second-order valence-electron chi connectivity index (χ2n) is 5.50. The van der Waals surface area contributed by atoms with Crippen molar-refractivity contribution in [2.24, 2.45) is 0 Å². The Morgan fingerprint density at radius 3 is 2.15 bits per heavy atom. The summed E-state index contributed by atoms with van der Waals surface area (Å²) in [5.74, 6) is 0.0359. The van der Waals surface area contributed by atoms with Gasteiger partial charge in [-0.05, 0) is 53.6 Å². The zero-order chi connectivity index (χ0) is 18.4. The van der Waals surface area contributed by atoms with Gasteiger partial charge >= 0.3 is 5.97 Å². The summed E-state index contributed by atoms with van der Waals surface area (Å²) in [5, 5.41) is 10.0. The van der Waals surface area contributed by atoms with Crippen molar-refractivity contribution >= 4 is 29.2 Å². The average Bonchev–Trinajstić information content (AvgIpc) is 2.69. The van der Waals surface area contributed by atoms with Crippen molar-refractivity contribution in [1.82, 2.24) is 0 Å². The smallest absolute Gasteiger partial charge is 0.343 e. The number of benzene rings is 3. The Labute approximate surface area is 156 Å². The van der Waals surface area contributed by atoms with Crippen molar-refractivity contribution in [3.05, 3.63) is 101 Å². The first-order valence-corrected chi connectivity index (χ1v) is 8.28. The van der Waals surface area contributed by atoms with E-state index in [0.717, 1.165) is 11.1 Å². The summed E-state index contributed by atoms with van der Waals surface area (Å²) in [6.07, 6.45) is 1.77. The Kier molecular flexibility index (Phi) is 5.48. The van der Waals surface area contributed by atoms with Crippen LogP contribution in [0.15, 0.2) is 78.9 Å². The molecule has 3 aromatic carbocycles. The predicted molar refractivity (Wildman–Crippen MR) is 103 cm³/mol. The van der Waals surface area contributed by atoms with Gasteiger partial charge in [0.05, 0.1) is 17.2 Å². The maximum atomic E-state index is 12.0. The molecule has 3 nitrogen and oxygen atoms in total. The number of ether oxygens (including phenoxy) is 1. The van der Waals surface area contributed by atoms with Gasteiger partial charge in [0.2, 0.25) is 0 Å². The summed E-state index contributed by atoms with van der Waals surface area (Å²) >= 11 is 5.88. The molecular weight excluding hydrogens is 346 g/mol. The van der Waals surface area contributed by atoms with Crippen LogP contribution >= 0.6 is 11.6 Å². The van der Waals surface area contributed by atoms with Gasteiger partial charge in [0.15, 0.2) is 0 Å². The Morgan fingerprint density at radius 2 is 1.54 bits per heavy atom. The van der Waals surface area contributed by atoms with Crippen LogP contribution in [0.5, 0.6) is 5.75 Å². The highest BCUT2D eigenvalue weighted by Crippen LogP contribution is 2.21. The van der Waals surface area contributed by atoms with Crippen LogP contribution in [0.1, 0.15) is 21.5 Å². The zero-order valence-corrected chi connectivity index (χ0v) is 14.5. The topological polar surface area (TPSA) is 50.1 Å². The minimum atomic E-state index is -0.409. The first kappa shape index (κ1) is 17.5. The first-order valence-electron chi connectivity index (χ1n) is 7.91. The largest absolute Gasteiger partial charge is 0.423 e. The van der Waals surface area contributed by atoms with Gasteiger partial charge in [0.1, 0.15) is 5.75 Å². The molecule has 0 unspecified atom stereocenters. The molecule has 0 saturated carbocycles. The van der Waals surface area contributed by atoms with E-state index in [1.807, 2.05) is 6.07 Å². The molecule has 0 aliphatic rings. The molecule has 0 amide bonds. The lowest BCUT2D eigenvalue weighted by molar-refractivity contribution is 0.0735. The van der Waals surface area contributed by atoms with Gasteiger partial charge in [-0.3, -0.25) is 0 Å². The van der Waals surface area contributed by atoms with Crippen LogP contribution in [0.2, 0.25) is 5.02 Å². The Hall–Kier alpha value is -3.35. The standard InChI is InChI=1S/C22H14ClNO2/c23-20-10-8-17(9-11-20)19(15-24)14-16-6-12-21(13-7-16)26-22(25)18-4-2-1-3-5-18/h1-14H/b19-14-. The predicted octanol–water partition coefficient (Wildman–Crippen LogP) is 5.62. The van der Waals surface area contributed by atoms with E-state index in [1.54, 1.807) is 78.9 Å². The molecule has 0 spiro atoms. The number of hydrogen-bond acceptors (Lipinski definition) is 3. The lowest BCUT2D eigenvalue weighted by Crippen LogP contribution is -2.07. The number of allylic oxidation sites excluding steroid dienone is 1. The average molecular weight is 360 g/mol. The van der Waals surface area contributed by atoms with Gasteiger partial charge in [-0.15, -0.1) is 0 Å². The van der Waals surface area contributed by atoms with Crippen molar-refractivity contribution in [3.63, 3.8) is 0 Å². The minimum Gasteiger partial charge on any atom is -0.423 e. The van der Waals surface area contributed by atoms with Crippen LogP contribution < -0.4 is 4.74 Å². The van der Waals surface area contributed by atoms with Crippen LogP contribution in [0.4, 0.5) is 0 Å². The molecular formula is C22H14ClNO2. The molecule has 4 heteroatoms. The molecule has 0 saturated heterocycles. The summed E-state index contributed by atoms with van der Waals surface area (Å²) in [6.45, 7) is 0.